The molecule has 0 radical (unpaired) electrons. The molecular weight excluding hydrogens is 455 g/mol. The Morgan fingerprint density at radius 1 is 1.19 bits per heavy atom. The third-order valence-electron chi connectivity index (χ3n) is 7.20. The first kappa shape index (κ1) is 20.0. The number of nitrogens with one attached hydrogen (secondary N) is 1. The number of ether oxygens (including phenoxy) is 1. The number of carbonyl (C=O) groups excluding carboxylic acids is 3. The molecule has 3 fully saturated rings. The van der Waals surface area contributed by atoms with Crippen molar-refractivity contribution in [1.82, 2.24) is 9.88 Å². The standard InChI is InChI=1S/C22H18Cl2N4O4/c1-32-11-4-5-25-15(9-11)28-19(29)16-14-3-2-6-27(14)22(17(16)20(28)30)12-7-10(23)8-13(24)18(12)26-21(22)31/h4-5,7-9,14,16-17H,2-3,6H2,1H3,(H,26,31). The van der Waals surface area contributed by atoms with Crippen LogP contribution in [0.1, 0.15) is 18.4 Å². The summed E-state index contributed by atoms with van der Waals surface area (Å²) < 4.78 is 5.24. The lowest BCUT2D eigenvalue weighted by molar-refractivity contribution is -0.135. The quantitative estimate of drug-likeness (QED) is 0.675. The molecule has 32 heavy (non-hydrogen) atoms. The number of imide groups is 1. The van der Waals surface area contributed by atoms with E-state index >= 15 is 0 Å². The molecule has 5 heterocycles. The molecule has 1 spiro atoms. The molecule has 10 heteroatoms. The van der Waals surface area contributed by atoms with E-state index in [1.807, 2.05) is 4.90 Å². The van der Waals surface area contributed by atoms with E-state index < -0.39 is 23.3 Å². The van der Waals surface area contributed by atoms with Crippen molar-refractivity contribution in [2.24, 2.45) is 11.8 Å². The molecule has 3 saturated heterocycles. The zero-order chi connectivity index (χ0) is 22.4. The number of hydrogen-bond donors (Lipinski definition) is 1. The largest absolute Gasteiger partial charge is 0.497 e. The molecule has 4 unspecified atom stereocenters. The number of benzene rings is 1. The van der Waals surface area contributed by atoms with Gasteiger partial charge in [-0.25, -0.2) is 9.88 Å². The fraction of sp³-hybridized carbons (Fsp3) is 0.364. The SMILES string of the molecule is COc1ccnc(N2C(=O)C3C4CCCN4C4(C(=O)Nc5c(Cl)cc(Cl)cc54)C3C2=O)c1. The number of aromatic nitrogens is 1. The Hall–Kier alpha value is -2.68. The maximum atomic E-state index is 13.9. The van der Waals surface area contributed by atoms with E-state index in [-0.39, 0.29) is 23.7 Å². The van der Waals surface area contributed by atoms with Crippen LogP contribution in [0.5, 0.6) is 5.75 Å². The fourth-order valence-electron chi connectivity index (χ4n) is 6.10. The number of amides is 3. The molecule has 8 nitrogen and oxygen atoms in total. The van der Waals surface area contributed by atoms with Crippen LogP contribution in [0.4, 0.5) is 11.5 Å². The Morgan fingerprint density at radius 3 is 2.78 bits per heavy atom. The number of carbonyl (C=O) groups is 3. The van der Waals surface area contributed by atoms with Crippen LogP contribution in [0, 0.1) is 11.8 Å². The van der Waals surface area contributed by atoms with E-state index in [1.54, 1.807) is 24.3 Å². The van der Waals surface area contributed by atoms with Crippen molar-refractivity contribution in [2.45, 2.75) is 24.4 Å². The van der Waals surface area contributed by atoms with Crippen molar-refractivity contribution < 1.29 is 19.1 Å². The monoisotopic (exact) mass is 472 g/mol. The maximum absolute atomic E-state index is 13.9. The molecule has 4 atom stereocenters. The Labute approximate surface area is 193 Å². The van der Waals surface area contributed by atoms with Crippen molar-refractivity contribution in [3.63, 3.8) is 0 Å². The molecule has 6 rings (SSSR count). The zero-order valence-corrected chi connectivity index (χ0v) is 18.5. The number of anilines is 2. The molecule has 0 aliphatic carbocycles. The van der Waals surface area contributed by atoms with E-state index in [0.29, 0.717) is 33.6 Å². The minimum Gasteiger partial charge on any atom is -0.497 e. The lowest BCUT2D eigenvalue weighted by Gasteiger charge is -2.36. The Balaban J connectivity index is 1.56. The van der Waals surface area contributed by atoms with Gasteiger partial charge < -0.3 is 10.1 Å². The molecule has 1 aromatic heterocycles. The smallest absolute Gasteiger partial charge is 0.250 e. The van der Waals surface area contributed by atoms with Crippen molar-refractivity contribution >= 4 is 52.4 Å². The first-order valence-electron chi connectivity index (χ1n) is 10.3. The maximum Gasteiger partial charge on any atom is 0.250 e. The van der Waals surface area contributed by atoms with Crippen molar-refractivity contribution in [3.8, 4) is 5.75 Å². The molecule has 4 aliphatic rings. The van der Waals surface area contributed by atoms with Gasteiger partial charge in [0.05, 0.1) is 29.7 Å². The van der Waals surface area contributed by atoms with Crippen LogP contribution in [0.15, 0.2) is 30.5 Å². The van der Waals surface area contributed by atoms with Gasteiger partial charge in [-0.05, 0) is 37.6 Å². The molecule has 1 N–H and O–H groups in total. The topological polar surface area (TPSA) is 91.8 Å². The summed E-state index contributed by atoms with van der Waals surface area (Å²) in [6, 6.07) is 6.19. The van der Waals surface area contributed by atoms with Crippen molar-refractivity contribution in [3.05, 3.63) is 46.1 Å². The molecule has 3 amide bonds. The Kier molecular flexibility index (Phi) is 4.16. The van der Waals surface area contributed by atoms with Crippen LogP contribution >= 0.6 is 23.2 Å². The van der Waals surface area contributed by atoms with Gasteiger partial charge in [0, 0.05) is 28.9 Å². The highest BCUT2D eigenvalue weighted by molar-refractivity contribution is 6.38. The van der Waals surface area contributed by atoms with E-state index in [4.69, 9.17) is 27.9 Å². The molecule has 0 bridgehead atoms. The lowest BCUT2D eigenvalue weighted by atomic mass is 9.75. The van der Waals surface area contributed by atoms with Gasteiger partial charge in [-0.15, -0.1) is 0 Å². The predicted octanol–water partition coefficient (Wildman–Crippen LogP) is 2.83. The van der Waals surface area contributed by atoms with Crippen LogP contribution in [-0.4, -0.2) is 47.3 Å². The van der Waals surface area contributed by atoms with Crippen molar-refractivity contribution in [1.29, 1.82) is 0 Å². The average Bonchev–Trinajstić information content (AvgIpc) is 3.47. The number of methoxy groups -OCH3 is 1. The van der Waals surface area contributed by atoms with Crippen LogP contribution in [-0.2, 0) is 19.9 Å². The number of nitrogens with zero attached hydrogens (tertiary/aromatic N) is 3. The van der Waals surface area contributed by atoms with E-state index in [0.717, 1.165) is 17.7 Å². The van der Waals surface area contributed by atoms with Crippen LogP contribution < -0.4 is 15.0 Å². The summed E-state index contributed by atoms with van der Waals surface area (Å²) in [5, 5.41) is 3.54. The zero-order valence-electron chi connectivity index (χ0n) is 17.0. The molecule has 1 aromatic carbocycles. The second-order valence-electron chi connectivity index (χ2n) is 8.50. The Bertz CT molecular complexity index is 1220. The number of hydrogen-bond acceptors (Lipinski definition) is 6. The van der Waals surface area contributed by atoms with E-state index in [2.05, 4.69) is 10.3 Å². The summed E-state index contributed by atoms with van der Waals surface area (Å²) >= 11 is 12.7. The van der Waals surface area contributed by atoms with Gasteiger partial charge in [0.25, 0.3) is 5.91 Å². The third kappa shape index (κ3) is 2.27. The van der Waals surface area contributed by atoms with Crippen LogP contribution in [0.3, 0.4) is 0 Å². The summed E-state index contributed by atoms with van der Waals surface area (Å²) in [4.78, 5) is 48.5. The van der Waals surface area contributed by atoms with Crippen LogP contribution in [0.25, 0.3) is 0 Å². The molecular formula is C22H18Cl2N4O4. The number of rotatable bonds is 2. The van der Waals surface area contributed by atoms with Gasteiger partial charge >= 0.3 is 0 Å². The summed E-state index contributed by atoms with van der Waals surface area (Å²) in [6.07, 6.45) is 3.03. The Morgan fingerprint density at radius 2 is 2.00 bits per heavy atom. The summed E-state index contributed by atoms with van der Waals surface area (Å²) in [7, 11) is 1.50. The normalized spacial score (nSPS) is 30.7. The number of pyridine rings is 1. The van der Waals surface area contributed by atoms with Crippen molar-refractivity contribution in [2.75, 3.05) is 23.9 Å². The van der Waals surface area contributed by atoms with E-state index in [9.17, 15) is 14.4 Å². The second kappa shape index (κ2) is 6.66. The minimum atomic E-state index is -1.34. The molecule has 2 aromatic rings. The molecule has 0 saturated carbocycles. The summed E-state index contributed by atoms with van der Waals surface area (Å²) in [5.74, 6) is -2.03. The highest BCUT2D eigenvalue weighted by Gasteiger charge is 2.75. The third-order valence-corrected chi connectivity index (χ3v) is 7.72. The lowest BCUT2D eigenvalue weighted by Crippen LogP contribution is -2.54. The van der Waals surface area contributed by atoms with E-state index in [1.165, 1.54) is 13.3 Å². The first-order valence-corrected chi connectivity index (χ1v) is 11.1. The van der Waals surface area contributed by atoms with Gasteiger partial charge in [-0.3, -0.25) is 19.3 Å². The first-order chi connectivity index (χ1) is 15.4. The minimum absolute atomic E-state index is 0.191. The highest BCUT2D eigenvalue weighted by atomic mass is 35.5. The van der Waals surface area contributed by atoms with Gasteiger partial charge in [0.15, 0.2) is 0 Å². The van der Waals surface area contributed by atoms with Gasteiger partial charge in [-0.1, -0.05) is 23.2 Å². The summed E-state index contributed by atoms with van der Waals surface area (Å²) in [6.45, 7) is 0.604. The van der Waals surface area contributed by atoms with Crippen LogP contribution in [0.2, 0.25) is 10.0 Å². The highest BCUT2D eigenvalue weighted by Crippen LogP contribution is 2.61. The fourth-order valence-corrected chi connectivity index (χ4v) is 6.64. The van der Waals surface area contributed by atoms with Gasteiger partial charge in [0.2, 0.25) is 11.8 Å². The molecule has 4 aliphatic heterocycles. The molecule has 164 valence electrons. The summed E-state index contributed by atoms with van der Waals surface area (Å²) in [5.41, 5.74) is -0.331. The predicted molar refractivity (Wildman–Crippen MR) is 117 cm³/mol. The average molecular weight is 473 g/mol. The number of halogens is 2. The number of fused-ring (bicyclic) bond motifs is 7. The van der Waals surface area contributed by atoms with Gasteiger partial charge in [-0.2, -0.15) is 0 Å². The second-order valence-corrected chi connectivity index (χ2v) is 9.35. The van der Waals surface area contributed by atoms with Gasteiger partial charge in [0.1, 0.15) is 17.1 Å².